The lowest BCUT2D eigenvalue weighted by atomic mass is 10.0. The molecular weight excluding hydrogens is 390 g/mol. The number of methoxy groups -OCH3 is 2. The Morgan fingerprint density at radius 1 is 1.10 bits per heavy atom. The molecule has 2 aliphatic heterocycles. The molecule has 4 rings (SSSR count). The van der Waals surface area contributed by atoms with Gasteiger partial charge in [-0.15, -0.1) is 0 Å². The van der Waals surface area contributed by atoms with Crippen LogP contribution in [-0.2, 0) is 14.2 Å². The summed E-state index contributed by atoms with van der Waals surface area (Å²) in [5, 5.41) is 4.21. The second-order valence-electron chi connectivity index (χ2n) is 7.06. The molecule has 8 heteroatoms. The molecule has 154 valence electrons. The van der Waals surface area contributed by atoms with Crippen molar-refractivity contribution >= 4 is 10.9 Å². The summed E-state index contributed by atoms with van der Waals surface area (Å²) in [5.74, 6) is 1.60. The first kappa shape index (κ1) is 20.1. The Labute approximate surface area is 172 Å². The van der Waals surface area contributed by atoms with E-state index in [1.54, 1.807) is 14.2 Å². The molecule has 2 aromatic carbocycles. The van der Waals surface area contributed by atoms with Gasteiger partial charge >= 0.3 is 0 Å². The number of hydrogen-bond donors (Lipinski definition) is 1. The van der Waals surface area contributed by atoms with E-state index in [0.717, 1.165) is 17.1 Å². The van der Waals surface area contributed by atoms with E-state index in [1.165, 1.54) is 4.90 Å². The third-order valence-corrected chi connectivity index (χ3v) is 8.49. The largest absolute Gasteiger partial charge is 0.497 e. The van der Waals surface area contributed by atoms with Gasteiger partial charge in [0.15, 0.2) is 6.29 Å². The molecule has 2 heterocycles. The number of ether oxygens (including phenoxy) is 4. The number of nitrogens with zero attached hydrogens (tertiary/aromatic N) is 3. The van der Waals surface area contributed by atoms with Crippen LogP contribution in [0, 0.1) is 0 Å². The van der Waals surface area contributed by atoms with E-state index in [1.807, 2.05) is 30.3 Å². The number of benzene rings is 2. The van der Waals surface area contributed by atoms with Gasteiger partial charge in [-0.25, -0.2) is 10.9 Å². The predicted octanol–water partition coefficient (Wildman–Crippen LogP) is 4.25. The molecule has 0 aromatic heterocycles. The van der Waals surface area contributed by atoms with Gasteiger partial charge in [0.2, 0.25) is 0 Å². The molecule has 2 saturated heterocycles. The van der Waals surface area contributed by atoms with Crippen LogP contribution in [0.2, 0.25) is 0 Å². The highest BCUT2D eigenvalue weighted by atomic mass is 32.2. The standard InChI is InChI=1S/C21H25N3O4S/c1-25-15-10-8-14(9-11-15)21-27-12-18-20(28-21)19(23-24-22)17(26-2)13-29(18)16-6-4-3-5-7-16/h3-11,17-21,29H,12-13H2,1-2H3/t17-,18+,19-,20-,21-/m0/s1. The van der Waals surface area contributed by atoms with Crippen LogP contribution < -0.4 is 4.74 Å². The average molecular weight is 416 g/mol. The van der Waals surface area contributed by atoms with Gasteiger partial charge in [0.25, 0.3) is 0 Å². The Hall–Kier alpha value is -2.22. The molecule has 0 spiro atoms. The Morgan fingerprint density at radius 3 is 2.52 bits per heavy atom. The minimum absolute atomic E-state index is 0.142. The molecular formula is C21H25N3O4S. The zero-order valence-corrected chi connectivity index (χ0v) is 17.3. The van der Waals surface area contributed by atoms with Crippen molar-refractivity contribution in [3.63, 3.8) is 0 Å². The molecule has 0 bridgehead atoms. The fourth-order valence-corrected chi connectivity index (χ4v) is 7.08. The van der Waals surface area contributed by atoms with Gasteiger partial charge in [-0.1, -0.05) is 47.6 Å². The molecule has 1 unspecified atom stereocenters. The lowest BCUT2D eigenvalue weighted by molar-refractivity contribution is -0.225. The molecule has 0 N–H and O–H groups in total. The van der Waals surface area contributed by atoms with Gasteiger partial charge in [0, 0.05) is 28.6 Å². The van der Waals surface area contributed by atoms with Crippen LogP contribution in [0.3, 0.4) is 0 Å². The second kappa shape index (κ2) is 9.07. The SMILES string of the molecule is COc1ccc([C@H]2OC[C@@H]3[C@H](O2)[C@@H](N=[N+]=[N-])[C@@H](OC)C[SH]3c2ccccc2)cc1. The van der Waals surface area contributed by atoms with E-state index < -0.39 is 17.2 Å². The van der Waals surface area contributed by atoms with Crippen molar-refractivity contribution in [2.45, 2.75) is 34.7 Å². The molecule has 0 amide bonds. The molecule has 7 nitrogen and oxygen atoms in total. The molecule has 0 aliphatic carbocycles. The first-order valence-corrected chi connectivity index (χ1v) is 11.1. The van der Waals surface area contributed by atoms with Crippen molar-refractivity contribution in [3.8, 4) is 5.75 Å². The third kappa shape index (κ3) is 4.08. The van der Waals surface area contributed by atoms with Gasteiger partial charge in [-0.3, -0.25) is 0 Å². The van der Waals surface area contributed by atoms with Gasteiger partial charge < -0.3 is 18.9 Å². The summed E-state index contributed by atoms with van der Waals surface area (Å²) in [4.78, 5) is 4.37. The highest BCUT2D eigenvalue weighted by Gasteiger charge is 2.48. The average Bonchev–Trinajstić information content (AvgIpc) is 2.79. The van der Waals surface area contributed by atoms with Gasteiger partial charge in [0.1, 0.15) is 5.75 Å². The van der Waals surface area contributed by atoms with Gasteiger partial charge in [-0.05, 0) is 22.6 Å². The van der Waals surface area contributed by atoms with Crippen molar-refractivity contribution in [2.24, 2.45) is 5.11 Å². The fraction of sp³-hybridized carbons (Fsp3) is 0.429. The summed E-state index contributed by atoms with van der Waals surface area (Å²) in [6.45, 7) is 0.551. The highest BCUT2D eigenvalue weighted by Crippen LogP contribution is 2.51. The van der Waals surface area contributed by atoms with Gasteiger partial charge in [-0.2, -0.15) is 0 Å². The highest BCUT2D eigenvalue weighted by molar-refractivity contribution is 8.17. The summed E-state index contributed by atoms with van der Waals surface area (Å²) >= 11 is 0. The summed E-state index contributed by atoms with van der Waals surface area (Å²) in [6, 6.07) is 17.7. The van der Waals surface area contributed by atoms with Crippen LogP contribution in [0.15, 0.2) is 64.6 Å². The molecule has 2 aliphatic rings. The van der Waals surface area contributed by atoms with E-state index in [4.69, 9.17) is 24.5 Å². The topological polar surface area (TPSA) is 85.7 Å². The first-order valence-electron chi connectivity index (χ1n) is 9.55. The minimum Gasteiger partial charge on any atom is -0.497 e. The third-order valence-electron chi connectivity index (χ3n) is 5.54. The van der Waals surface area contributed by atoms with Crippen LogP contribution in [0.5, 0.6) is 5.75 Å². The van der Waals surface area contributed by atoms with E-state index in [9.17, 15) is 0 Å². The molecule has 6 atom stereocenters. The van der Waals surface area contributed by atoms with E-state index in [0.29, 0.717) is 6.61 Å². The zero-order chi connectivity index (χ0) is 20.2. The number of azide groups is 1. The maximum Gasteiger partial charge on any atom is 0.184 e. The lowest BCUT2D eigenvalue weighted by Gasteiger charge is -2.50. The van der Waals surface area contributed by atoms with Crippen LogP contribution in [0.25, 0.3) is 10.4 Å². The van der Waals surface area contributed by atoms with Crippen molar-refractivity contribution in [1.29, 1.82) is 0 Å². The number of fused-ring (bicyclic) bond motifs is 1. The Kier molecular flexibility index (Phi) is 6.28. The van der Waals surface area contributed by atoms with E-state index in [2.05, 4.69) is 34.3 Å². The van der Waals surface area contributed by atoms with Crippen LogP contribution >= 0.6 is 10.9 Å². The van der Waals surface area contributed by atoms with Crippen molar-refractivity contribution in [1.82, 2.24) is 0 Å². The van der Waals surface area contributed by atoms with Crippen LogP contribution in [0.1, 0.15) is 11.9 Å². The van der Waals surface area contributed by atoms with Gasteiger partial charge in [0.05, 0.1) is 32.0 Å². The predicted molar refractivity (Wildman–Crippen MR) is 113 cm³/mol. The van der Waals surface area contributed by atoms with Crippen molar-refractivity contribution in [3.05, 3.63) is 70.6 Å². The number of thiol groups is 1. The van der Waals surface area contributed by atoms with Crippen molar-refractivity contribution < 1.29 is 18.9 Å². The smallest absolute Gasteiger partial charge is 0.184 e. The fourth-order valence-electron chi connectivity index (χ4n) is 4.04. The Morgan fingerprint density at radius 2 is 1.86 bits per heavy atom. The molecule has 0 saturated carbocycles. The summed E-state index contributed by atoms with van der Waals surface area (Å²) in [5.41, 5.74) is 10.1. The second-order valence-corrected chi connectivity index (χ2v) is 9.55. The van der Waals surface area contributed by atoms with E-state index in [-0.39, 0.29) is 23.5 Å². The van der Waals surface area contributed by atoms with Crippen molar-refractivity contribution in [2.75, 3.05) is 26.6 Å². The van der Waals surface area contributed by atoms with E-state index >= 15 is 0 Å². The molecule has 29 heavy (non-hydrogen) atoms. The lowest BCUT2D eigenvalue weighted by Crippen LogP contribution is -2.56. The molecule has 2 aromatic rings. The number of rotatable bonds is 5. The first-order chi connectivity index (χ1) is 14.2. The summed E-state index contributed by atoms with van der Waals surface area (Å²) in [7, 11) is 2.72. The normalized spacial score (nSPS) is 32.6. The summed E-state index contributed by atoms with van der Waals surface area (Å²) < 4.78 is 23.5. The zero-order valence-electron chi connectivity index (χ0n) is 16.4. The quantitative estimate of drug-likeness (QED) is 0.342. The maximum absolute atomic E-state index is 9.15. The molecule has 0 radical (unpaired) electrons. The Bertz CT molecular complexity index is 860. The monoisotopic (exact) mass is 415 g/mol. The van der Waals surface area contributed by atoms with Crippen LogP contribution in [0.4, 0.5) is 0 Å². The maximum atomic E-state index is 9.15. The minimum atomic E-state index is -0.581. The molecule has 2 fully saturated rings. The summed E-state index contributed by atoms with van der Waals surface area (Å²) in [6.07, 6.45) is -0.966. The van der Waals surface area contributed by atoms with Crippen LogP contribution in [-0.4, -0.2) is 50.1 Å². The Balaban J connectivity index is 1.64. The number of hydrogen-bond acceptors (Lipinski definition) is 5.